The van der Waals surface area contributed by atoms with Gasteiger partial charge in [0.25, 0.3) is 0 Å². The minimum atomic E-state index is -0.606. The molecule has 0 saturated heterocycles. The van der Waals surface area contributed by atoms with Crippen molar-refractivity contribution >= 4 is 11.5 Å². The van der Waals surface area contributed by atoms with Crippen molar-refractivity contribution < 1.29 is 5.11 Å². The summed E-state index contributed by atoms with van der Waals surface area (Å²) >= 11 is 1.26. The van der Waals surface area contributed by atoms with Crippen LogP contribution >= 0.6 is 11.5 Å². The average Bonchev–Trinajstić information content (AvgIpc) is 2.97. The highest BCUT2D eigenvalue weighted by Gasteiger charge is 2.19. The van der Waals surface area contributed by atoms with Crippen LogP contribution in [0.3, 0.4) is 0 Å². The lowest BCUT2D eigenvalue weighted by molar-refractivity contribution is 0.176. The van der Waals surface area contributed by atoms with Gasteiger partial charge >= 0.3 is 0 Å². The Morgan fingerprint density at radius 1 is 1.42 bits per heavy atom. The molecule has 1 N–H and O–H groups in total. The zero-order chi connectivity index (χ0) is 13.8. The number of aliphatic hydroxyl groups is 1. The monoisotopic (exact) mass is 281 g/mol. The molecule has 0 aliphatic carbocycles. The van der Waals surface area contributed by atoms with Gasteiger partial charge in [-0.3, -0.25) is 0 Å². The topological polar surface area (TPSA) is 76.7 Å². The molecule has 0 radical (unpaired) electrons. The van der Waals surface area contributed by atoms with Gasteiger partial charge in [0.1, 0.15) is 12.2 Å². The van der Waals surface area contributed by atoms with Crippen LogP contribution in [-0.4, -0.2) is 29.5 Å². The molecule has 0 fully saturated rings. The summed E-state index contributed by atoms with van der Waals surface area (Å²) in [5.74, 6) is 1.30. The fraction of sp³-hybridized carbons (Fsp3) is 0.667. The molecule has 19 heavy (non-hydrogen) atoms. The van der Waals surface area contributed by atoms with Gasteiger partial charge in [-0.2, -0.15) is 5.10 Å². The molecule has 0 bridgehead atoms. The van der Waals surface area contributed by atoms with Gasteiger partial charge in [0, 0.05) is 13.0 Å². The van der Waals surface area contributed by atoms with Crippen LogP contribution in [0.2, 0.25) is 0 Å². The molecule has 2 rings (SSSR count). The Morgan fingerprint density at radius 3 is 2.89 bits per heavy atom. The largest absolute Gasteiger partial charge is 0.387 e. The summed E-state index contributed by atoms with van der Waals surface area (Å²) in [6.45, 7) is 7.08. The number of aliphatic hydroxyl groups excluding tert-OH is 1. The predicted octanol–water partition coefficient (Wildman–Crippen LogP) is 1.62. The van der Waals surface area contributed by atoms with Crippen LogP contribution in [0.1, 0.15) is 43.3 Å². The first-order chi connectivity index (χ1) is 9.11. The summed E-state index contributed by atoms with van der Waals surface area (Å²) in [6.07, 6.45) is 2.16. The molecule has 1 unspecified atom stereocenters. The second-order valence-corrected chi connectivity index (χ2v) is 5.70. The zero-order valence-electron chi connectivity index (χ0n) is 11.4. The predicted molar refractivity (Wildman–Crippen MR) is 72.8 cm³/mol. The molecule has 0 amide bonds. The smallest absolute Gasteiger partial charge is 0.138 e. The van der Waals surface area contributed by atoms with Crippen LogP contribution in [0.5, 0.6) is 0 Å². The molecule has 0 spiro atoms. The molecule has 0 aliphatic rings. The van der Waals surface area contributed by atoms with Crippen molar-refractivity contribution in [3.63, 3.8) is 0 Å². The first kappa shape index (κ1) is 14.1. The molecule has 1 atom stereocenters. The number of aryl methyl sites for hydroxylation is 1. The fourth-order valence-corrected chi connectivity index (χ4v) is 2.65. The van der Waals surface area contributed by atoms with E-state index in [0.717, 1.165) is 29.4 Å². The molecule has 0 saturated carbocycles. The highest BCUT2D eigenvalue weighted by molar-refractivity contribution is 7.05. The van der Waals surface area contributed by atoms with Crippen LogP contribution in [-0.2, 0) is 19.4 Å². The van der Waals surface area contributed by atoms with Crippen molar-refractivity contribution in [2.24, 2.45) is 5.92 Å². The summed E-state index contributed by atoms with van der Waals surface area (Å²) in [7, 11) is 0. The van der Waals surface area contributed by atoms with E-state index < -0.39 is 6.10 Å². The minimum Gasteiger partial charge on any atom is -0.387 e. The zero-order valence-corrected chi connectivity index (χ0v) is 12.3. The highest BCUT2D eigenvalue weighted by Crippen LogP contribution is 2.23. The number of hydrogen-bond donors (Lipinski definition) is 1. The maximum absolute atomic E-state index is 10.3. The van der Waals surface area contributed by atoms with Crippen LogP contribution in [0.25, 0.3) is 0 Å². The summed E-state index contributed by atoms with van der Waals surface area (Å²) in [4.78, 5) is 5.07. The molecule has 2 heterocycles. The van der Waals surface area contributed by atoms with E-state index in [-0.39, 0.29) is 0 Å². The van der Waals surface area contributed by atoms with Crippen LogP contribution < -0.4 is 0 Å². The molecule has 2 aromatic heterocycles. The molecule has 104 valence electrons. The van der Waals surface area contributed by atoms with Gasteiger partial charge in [-0.1, -0.05) is 25.3 Å². The Labute approximate surface area is 116 Å². The number of rotatable bonds is 6. The third kappa shape index (κ3) is 3.36. The van der Waals surface area contributed by atoms with Gasteiger partial charge in [0.15, 0.2) is 0 Å². The lowest BCUT2D eigenvalue weighted by Gasteiger charge is -2.11. The standard InChI is InChI=1S/C12H19N5OS/c1-4-9-12(19-16-15-9)10(18)5-11-13-7-14-17(11)6-8(2)3/h7-8,10,18H,4-6H2,1-3H3. The lowest BCUT2D eigenvalue weighted by atomic mass is 10.1. The molecular formula is C12H19N5OS. The lowest BCUT2D eigenvalue weighted by Crippen LogP contribution is -2.13. The van der Waals surface area contributed by atoms with E-state index in [9.17, 15) is 5.11 Å². The number of aromatic nitrogens is 5. The van der Waals surface area contributed by atoms with Gasteiger partial charge in [-0.05, 0) is 23.9 Å². The second kappa shape index (κ2) is 6.21. The molecule has 0 aliphatic heterocycles. The Balaban J connectivity index is 2.11. The van der Waals surface area contributed by atoms with Crippen molar-refractivity contribution in [2.75, 3.05) is 0 Å². The number of hydrogen-bond acceptors (Lipinski definition) is 6. The second-order valence-electron chi connectivity index (χ2n) is 4.91. The van der Waals surface area contributed by atoms with Crippen molar-refractivity contribution in [2.45, 2.75) is 46.3 Å². The average molecular weight is 281 g/mol. The van der Waals surface area contributed by atoms with Crippen LogP contribution in [0.4, 0.5) is 0 Å². The fourth-order valence-electron chi connectivity index (χ4n) is 1.92. The minimum absolute atomic E-state index is 0.448. The summed E-state index contributed by atoms with van der Waals surface area (Å²) in [5, 5.41) is 18.5. The summed E-state index contributed by atoms with van der Waals surface area (Å²) in [5.41, 5.74) is 0.868. The van der Waals surface area contributed by atoms with Gasteiger partial charge in [-0.25, -0.2) is 9.67 Å². The normalized spacial score (nSPS) is 13.1. The van der Waals surface area contributed by atoms with Gasteiger partial charge in [0.2, 0.25) is 0 Å². The maximum Gasteiger partial charge on any atom is 0.138 e. The van der Waals surface area contributed by atoms with Gasteiger partial charge in [0.05, 0.1) is 16.7 Å². The van der Waals surface area contributed by atoms with E-state index in [1.807, 2.05) is 11.6 Å². The Morgan fingerprint density at radius 2 is 2.21 bits per heavy atom. The summed E-state index contributed by atoms with van der Waals surface area (Å²) in [6, 6.07) is 0. The van der Waals surface area contributed by atoms with Crippen molar-refractivity contribution in [1.29, 1.82) is 0 Å². The first-order valence-electron chi connectivity index (χ1n) is 6.47. The van der Waals surface area contributed by atoms with Gasteiger partial charge < -0.3 is 5.11 Å². The molecule has 7 heteroatoms. The van der Waals surface area contributed by atoms with Crippen molar-refractivity contribution in [3.05, 3.63) is 22.7 Å². The van der Waals surface area contributed by atoms with E-state index in [1.54, 1.807) is 0 Å². The third-order valence-corrected chi connectivity index (χ3v) is 3.70. The van der Waals surface area contributed by atoms with Crippen molar-refractivity contribution in [3.8, 4) is 0 Å². The molecular weight excluding hydrogens is 262 g/mol. The van der Waals surface area contributed by atoms with E-state index in [1.165, 1.54) is 17.9 Å². The third-order valence-electron chi connectivity index (χ3n) is 2.83. The summed E-state index contributed by atoms with van der Waals surface area (Å²) < 4.78 is 5.76. The Bertz CT molecular complexity index is 522. The van der Waals surface area contributed by atoms with E-state index in [4.69, 9.17) is 0 Å². The SMILES string of the molecule is CCc1nnsc1C(O)Cc1ncnn1CC(C)C. The van der Waals surface area contributed by atoms with Gasteiger partial charge in [-0.15, -0.1) is 5.10 Å². The highest BCUT2D eigenvalue weighted by atomic mass is 32.1. The van der Waals surface area contributed by atoms with Crippen LogP contribution in [0, 0.1) is 5.92 Å². The molecule has 0 aromatic carbocycles. The maximum atomic E-state index is 10.3. The van der Waals surface area contributed by atoms with Crippen LogP contribution in [0.15, 0.2) is 6.33 Å². The quantitative estimate of drug-likeness (QED) is 0.870. The van der Waals surface area contributed by atoms with Crippen molar-refractivity contribution in [1.82, 2.24) is 24.4 Å². The molecule has 6 nitrogen and oxygen atoms in total. The number of nitrogens with zero attached hydrogens (tertiary/aromatic N) is 5. The van der Waals surface area contributed by atoms with E-state index in [0.29, 0.717) is 12.3 Å². The first-order valence-corrected chi connectivity index (χ1v) is 7.25. The molecule has 2 aromatic rings. The van der Waals surface area contributed by atoms with E-state index >= 15 is 0 Å². The Kier molecular flexibility index (Phi) is 4.60. The van der Waals surface area contributed by atoms with E-state index in [2.05, 4.69) is 33.5 Å². The Hall–Kier alpha value is -1.34.